The number of aryl methyl sites for hydroxylation is 1. The normalized spacial score (nSPS) is 10.9. The third-order valence-corrected chi connectivity index (χ3v) is 4.58. The Labute approximate surface area is 148 Å². The van der Waals surface area contributed by atoms with Gasteiger partial charge >= 0.3 is 6.01 Å². The van der Waals surface area contributed by atoms with Crippen molar-refractivity contribution >= 4 is 34.5 Å². The van der Waals surface area contributed by atoms with Crippen LogP contribution in [0.25, 0.3) is 11.0 Å². The summed E-state index contributed by atoms with van der Waals surface area (Å²) in [5.74, 6) is 1.08. The van der Waals surface area contributed by atoms with Crippen molar-refractivity contribution in [2.75, 3.05) is 5.32 Å². The highest BCUT2D eigenvalue weighted by Gasteiger charge is 2.10. The van der Waals surface area contributed by atoms with E-state index < -0.39 is 0 Å². The molecule has 1 N–H and O–H groups in total. The van der Waals surface area contributed by atoms with E-state index in [1.807, 2.05) is 61.5 Å². The molecule has 0 aliphatic heterocycles. The fraction of sp³-hybridized carbons (Fsp3) is 0.111. The highest BCUT2D eigenvalue weighted by molar-refractivity contribution is 7.98. The number of benzene rings is 2. The van der Waals surface area contributed by atoms with Crippen LogP contribution in [0.4, 0.5) is 11.7 Å². The van der Waals surface area contributed by atoms with Gasteiger partial charge in [-0.25, -0.2) is 9.97 Å². The molecule has 7 heteroatoms. The molecule has 0 spiro atoms. The fourth-order valence-electron chi connectivity index (χ4n) is 2.35. The Balaban J connectivity index is 1.46. The summed E-state index contributed by atoms with van der Waals surface area (Å²) < 4.78 is 5.63. The van der Waals surface area contributed by atoms with Crippen molar-refractivity contribution in [3.05, 3.63) is 66.2 Å². The Morgan fingerprint density at radius 3 is 2.44 bits per heavy atom. The third kappa shape index (κ3) is 3.61. The van der Waals surface area contributed by atoms with Gasteiger partial charge in [0.25, 0.3) is 0 Å². The van der Waals surface area contributed by atoms with Crippen molar-refractivity contribution in [3.8, 4) is 0 Å². The number of nitrogens with zero attached hydrogens (tertiary/aromatic N) is 4. The van der Waals surface area contributed by atoms with Crippen LogP contribution in [0, 0.1) is 6.92 Å². The van der Waals surface area contributed by atoms with Crippen LogP contribution in [0.3, 0.4) is 0 Å². The monoisotopic (exact) mass is 349 g/mol. The van der Waals surface area contributed by atoms with E-state index in [9.17, 15) is 0 Å². The van der Waals surface area contributed by atoms with Gasteiger partial charge in [-0.1, -0.05) is 47.2 Å². The Kier molecular flexibility index (Phi) is 4.30. The summed E-state index contributed by atoms with van der Waals surface area (Å²) in [4.78, 5) is 9.25. The van der Waals surface area contributed by atoms with Crippen LogP contribution >= 0.6 is 11.8 Å². The average molecular weight is 349 g/mol. The van der Waals surface area contributed by atoms with Crippen molar-refractivity contribution in [2.45, 2.75) is 17.7 Å². The molecule has 0 aliphatic rings. The van der Waals surface area contributed by atoms with Gasteiger partial charge in [0.05, 0.1) is 22.5 Å². The van der Waals surface area contributed by atoms with Crippen LogP contribution < -0.4 is 5.32 Å². The number of nitrogens with one attached hydrogen (secondary N) is 1. The summed E-state index contributed by atoms with van der Waals surface area (Å²) >= 11 is 1.54. The van der Waals surface area contributed by atoms with Crippen molar-refractivity contribution in [3.63, 3.8) is 0 Å². The van der Waals surface area contributed by atoms with Gasteiger partial charge in [0.1, 0.15) is 5.03 Å². The first-order chi connectivity index (χ1) is 12.3. The van der Waals surface area contributed by atoms with Gasteiger partial charge in [-0.3, -0.25) is 0 Å². The van der Waals surface area contributed by atoms with E-state index in [0.717, 1.165) is 27.4 Å². The molecule has 0 saturated carbocycles. The predicted octanol–water partition coefficient (Wildman–Crippen LogP) is 4.36. The summed E-state index contributed by atoms with van der Waals surface area (Å²) in [6.07, 6.45) is 0. The Morgan fingerprint density at radius 2 is 1.64 bits per heavy atom. The number of hydrogen-bond acceptors (Lipinski definition) is 7. The fourth-order valence-corrected chi connectivity index (χ4v) is 3.14. The summed E-state index contributed by atoms with van der Waals surface area (Å²) in [7, 11) is 0. The molecular weight excluding hydrogens is 334 g/mol. The highest BCUT2D eigenvalue weighted by Crippen LogP contribution is 2.25. The quantitative estimate of drug-likeness (QED) is 0.536. The average Bonchev–Trinajstić information content (AvgIpc) is 3.08. The van der Waals surface area contributed by atoms with Crippen molar-refractivity contribution in [1.29, 1.82) is 0 Å². The smallest absolute Gasteiger partial charge is 0.320 e. The summed E-state index contributed by atoms with van der Waals surface area (Å²) in [5, 5.41) is 12.0. The first-order valence-corrected chi connectivity index (χ1v) is 8.77. The second kappa shape index (κ2) is 6.90. The minimum absolute atomic E-state index is 0.378. The molecule has 4 aromatic rings. The molecule has 0 aliphatic carbocycles. The molecule has 0 fully saturated rings. The number of rotatable bonds is 5. The van der Waals surface area contributed by atoms with Gasteiger partial charge in [-0.2, -0.15) is 0 Å². The molecule has 0 atom stereocenters. The van der Waals surface area contributed by atoms with Crippen LogP contribution in [0.5, 0.6) is 0 Å². The molecule has 0 amide bonds. The van der Waals surface area contributed by atoms with Gasteiger partial charge in [0.2, 0.25) is 5.89 Å². The Morgan fingerprint density at radius 1 is 0.920 bits per heavy atom. The van der Waals surface area contributed by atoms with Crippen molar-refractivity contribution in [1.82, 2.24) is 20.2 Å². The zero-order valence-corrected chi connectivity index (χ0v) is 14.3. The van der Waals surface area contributed by atoms with E-state index in [1.54, 1.807) is 0 Å². The minimum Gasteiger partial charge on any atom is -0.407 e. The molecular formula is C18H15N5OS. The molecule has 124 valence electrons. The zero-order chi connectivity index (χ0) is 17.1. The molecule has 2 aromatic carbocycles. The van der Waals surface area contributed by atoms with Crippen LogP contribution in [0.2, 0.25) is 0 Å². The number of anilines is 2. The van der Waals surface area contributed by atoms with Crippen LogP contribution in [0.1, 0.15) is 11.6 Å². The Bertz CT molecular complexity index is 1000. The molecule has 0 saturated heterocycles. The molecule has 0 radical (unpaired) electrons. The second-order valence-electron chi connectivity index (χ2n) is 5.38. The van der Waals surface area contributed by atoms with Crippen LogP contribution in [-0.2, 0) is 5.75 Å². The number of fused-ring (bicyclic) bond motifs is 1. The van der Waals surface area contributed by atoms with E-state index in [4.69, 9.17) is 4.42 Å². The molecule has 0 bridgehead atoms. The first-order valence-electron chi connectivity index (χ1n) is 7.78. The maximum Gasteiger partial charge on any atom is 0.320 e. The van der Waals surface area contributed by atoms with E-state index in [1.165, 1.54) is 11.8 Å². The molecule has 4 rings (SSSR count). The molecule has 25 heavy (non-hydrogen) atoms. The van der Waals surface area contributed by atoms with Crippen molar-refractivity contribution < 1.29 is 4.42 Å². The van der Waals surface area contributed by atoms with Crippen LogP contribution in [0.15, 0.2) is 64.0 Å². The van der Waals surface area contributed by atoms with Gasteiger partial charge in [0.15, 0.2) is 0 Å². The number of para-hydroxylation sites is 3. The van der Waals surface area contributed by atoms with Gasteiger partial charge in [0, 0.05) is 5.69 Å². The SMILES string of the molecule is Cc1nc2ccccc2nc1SCc1nnc(Nc2ccccc2)o1. The lowest BCUT2D eigenvalue weighted by Crippen LogP contribution is -1.93. The van der Waals surface area contributed by atoms with Gasteiger partial charge < -0.3 is 9.73 Å². The molecule has 0 unspecified atom stereocenters. The summed E-state index contributed by atoms with van der Waals surface area (Å²) in [6.45, 7) is 1.96. The number of hydrogen-bond donors (Lipinski definition) is 1. The van der Waals surface area contributed by atoms with E-state index in [2.05, 4.69) is 25.5 Å². The van der Waals surface area contributed by atoms with Crippen molar-refractivity contribution in [2.24, 2.45) is 0 Å². The predicted molar refractivity (Wildman–Crippen MR) is 97.9 cm³/mol. The zero-order valence-electron chi connectivity index (χ0n) is 13.5. The topological polar surface area (TPSA) is 76.7 Å². The Hall–Kier alpha value is -2.93. The van der Waals surface area contributed by atoms with Crippen LogP contribution in [-0.4, -0.2) is 20.2 Å². The standard InChI is InChI=1S/C18H15N5OS/c1-12-17(21-15-10-6-5-9-14(15)19-12)25-11-16-22-23-18(24-16)20-13-7-3-2-4-8-13/h2-10H,11H2,1H3,(H,20,23). The number of aromatic nitrogens is 4. The van der Waals surface area contributed by atoms with Gasteiger partial charge in [-0.05, 0) is 31.2 Å². The van der Waals surface area contributed by atoms with Gasteiger partial charge in [-0.15, -0.1) is 5.10 Å². The summed E-state index contributed by atoms with van der Waals surface area (Å²) in [5.41, 5.74) is 3.58. The van der Waals surface area contributed by atoms with E-state index >= 15 is 0 Å². The maximum atomic E-state index is 5.63. The molecule has 2 heterocycles. The lowest BCUT2D eigenvalue weighted by Gasteiger charge is -2.04. The molecule has 2 aromatic heterocycles. The second-order valence-corrected chi connectivity index (χ2v) is 6.35. The first kappa shape index (κ1) is 15.6. The molecule has 6 nitrogen and oxygen atoms in total. The summed E-state index contributed by atoms with van der Waals surface area (Å²) in [6, 6.07) is 17.9. The number of thioether (sulfide) groups is 1. The lowest BCUT2D eigenvalue weighted by atomic mass is 10.3. The van der Waals surface area contributed by atoms with E-state index in [0.29, 0.717) is 17.7 Å². The third-order valence-electron chi connectivity index (χ3n) is 3.53. The largest absolute Gasteiger partial charge is 0.407 e. The minimum atomic E-state index is 0.378. The highest BCUT2D eigenvalue weighted by atomic mass is 32.2. The maximum absolute atomic E-state index is 5.63. The van der Waals surface area contributed by atoms with E-state index in [-0.39, 0.29) is 0 Å². The lowest BCUT2D eigenvalue weighted by molar-refractivity contribution is 0.531.